The molecule has 0 atom stereocenters. The van der Waals surface area contributed by atoms with E-state index < -0.39 is 0 Å². The number of nitrogens with one attached hydrogen (secondary N) is 1. The van der Waals surface area contributed by atoms with E-state index in [9.17, 15) is 4.39 Å². The van der Waals surface area contributed by atoms with Gasteiger partial charge in [-0.15, -0.1) is 0 Å². The van der Waals surface area contributed by atoms with Crippen LogP contribution in [0.4, 0.5) is 4.39 Å². The smallest absolute Gasteiger partial charge is 0.142 e. The summed E-state index contributed by atoms with van der Waals surface area (Å²) in [6.45, 7) is 4.46. The van der Waals surface area contributed by atoms with E-state index in [1.165, 1.54) is 6.07 Å². The Labute approximate surface area is 117 Å². The molecule has 0 unspecified atom stereocenters. The molecule has 1 N–H and O–H groups in total. The molecule has 0 radical (unpaired) electrons. The lowest BCUT2D eigenvalue weighted by atomic mass is 10.2. The molecule has 0 saturated carbocycles. The van der Waals surface area contributed by atoms with Crippen LogP contribution in [-0.2, 0) is 13.1 Å². The van der Waals surface area contributed by atoms with Crippen LogP contribution < -0.4 is 5.32 Å². The van der Waals surface area contributed by atoms with Crippen molar-refractivity contribution in [2.24, 2.45) is 0 Å². The number of imidazole rings is 1. The molecule has 0 bridgehead atoms. The molecule has 19 heavy (non-hydrogen) atoms. The van der Waals surface area contributed by atoms with Crippen molar-refractivity contribution in [3.05, 3.63) is 52.8 Å². The maximum Gasteiger partial charge on any atom is 0.142 e. The molecule has 0 amide bonds. The first-order valence-electron chi connectivity index (χ1n) is 6.34. The van der Waals surface area contributed by atoms with Crippen LogP contribution in [0.5, 0.6) is 0 Å². The van der Waals surface area contributed by atoms with Crippen LogP contribution in [0.1, 0.15) is 24.6 Å². The maximum atomic E-state index is 13.3. The molecule has 1 aromatic carbocycles. The maximum absolute atomic E-state index is 13.3. The number of aromatic nitrogens is 2. The summed E-state index contributed by atoms with van der Waals surface area (Å²) in [6.07, 6.45) is 4.83. The molecule has 1 heterocycles. The van der Waals surface area contributed by atoms with E-state index in [0.717, 1.165) is 30.8 Å². The van der Waals surface area contributed by atoms with Gasteiger partial charge in [-0.1, -0.05) is 24.6 Å². The molecule has 0 aliphatic carbocycles. The van der Waals surface area contributed by atoms with Gasteiger partial charge in [-0.3, -0.25) is 0 Å². The van der Waals surface area contributed by atoms with E-state index in [-0.39, 0.29) is 10.8 Å². The third-order valence-electron chi connectivity index (χ3n) is 2.77. The van der Waals surface area contributed by atoms with E-state index >= 15 is 0 Å². The van der Waals surface area contributed by atoms with Gasteiger partial charge in [-0.05, 0) is 30.7 Å². The Morgan fingerprint density at radius 2 is 2.26 bits per heavy atom. The summed E-state index contributed by atoms with van der Waals surface area (Å²) in [5.74, 6) is -0.385. The van der Waals surface area contributed by atoms with Gasteiger partial charge in [-0.25, -0.2) is 9.37 Å². The Balaban J connectivity index is 1.97. The molecule has 0 aliphatic heterocycles. The van der Waals surface area contributed by atoms with Gasteiger partial charge in [0, 0.05) is 19.3 Å². The highest BCUT2D eigenvalue weighted by Gasteiger charge is 2.03. The summed E-state index contributed by atoms with van der Waals surface area (Å²) in [6, 6.07) is 4.85. The molecule has 3 nitrogen and oxygen atoms in total. The third-order valence-corrected chi connectivity index (χ3v) is 3.08. The average Bonchev–Trinajstić information content (AvgIpc) is 2.82. The minimum Gasteiger partial charge on any atom is -0.333 e. The van der Waals surface area contributed by atoms with Gasteiger partial charge in [0.2, 0.25) is 0 Å². The van der Waals surface area contributed by atoms with Crippen LogP contribution in [-0.4, -0.2) is 16.1 Å². The average molecular weight is 282 g/mol. The van der Waals surface area contributed by atoms with E-state index in [1.807, 2.05) is 16.8 Å². The second-order valence-electron chi connectivity index (χ2n) is 4.46. The lowest BCUT2D eigenvalue weighted by Crippen LogP contribution is -2.13. The van der Waals surface area contributed by atoms with E-state index in [2.05, 4.69) is 17.2 Å². The minimum absolute atomic E-state index is 0.152. The van der Waals surface area contributed by atoms with Gasteiger partial charge in [0.25, 0.3) is 0 Å². The van der Waals surface area contributed by atoms with Crippen LogP contribution in [0.3, 0.4) is 0 Å². The third kappa shape index (κ3) is 4.04. The van der Waals surface area contributed by atoms with Gasteiger partial charge >= 0.3 is 0 Å². The number of hydrogen-bond donors (Lipinski definition) is 1. The lowest BCUT2D eigenvalue weighted by molar-refractivity contribution is 0.624. The first kappa shape index (κ1) is 14.0. The Bertz CT molecular complexity index is 539. The second kappa shape index (κ2) is 6.68. The van der Waals surface area contributed by atoms with Gasteiger partial charge in [0.15, 0.2) is 0 Å². The summed E-state index contributed by atoms with van der Waals surface area (Å²) in [4.78, 5) is 4.30. The van der Waals surface area contributed by atoms with E-state index in [0.29, 0.717) is 6.54 Å². The molecule has 2 rings (SSSR count). The fraction of sp³-hybridized carbons (Fsp3) is 0.357. The van der Waals surface area contributed by atoms with Gasteiger partial charge < -0.3 is 9.88 Å². The van der Waals surface area contributed by atoms with Crippen molar-refractivity contribution in [3.8, 4) is 0 Å². The SMILES string of the molecule is CCCNCc1cn(Cc2ccc(Cl)c(F)c2)cn1. The lowest BCUT2D eigenvalue weighted by Gasteiger charge is -2.03. The van der Waals surface area contributed by atoms with Gasteiger partial charge in [0.05, 0.1) is 17.0 Å². The Morgan fingerprint density at radius 1 is 1.42 bits per heavy atom. The van der Waals surface area contributed by atoms with Crippen molar-refractivity contribution in [2.75, 3.05) is 6.54 Å². The molecule has 2 aromatic rings. The highest BCUT2D eigenvalue weighted by molar-refractivity contribution is 6.30. The molecule has 0 aliphatic rings. The first-order chi connectivity index (χ1) is 9.19. The fourth-order valence-electron chi connectivity index (χ4n) is 1.83. The molecule has 1 aromatic heterocycles. The highest BCUT2D eigenvalue weighted by Crippen LogP contribution is 2.16. The molecule has 0 fully saturated rings. The summed E-state index contributed by atoms with van der Waals surface area (Å²) < 4.78 is 15.3. The van der Waals surface area contributed by atoms with E-state index in [1.54, 1.807) is 12.4 Å². The zero-order chi connectivity index (χ0) is 13.7. The quantitative estimate of drug-likeness (QED) is 0.824. The van der Waals surface area contributed by atoms with Crippen molar-refractivity contribution >= 4 is 11.6 Å². The molecule has 102 valence electrons. The fourth-order valence-corrected chi connectivity index (χ4v) is 1.94. The molecular formula is C14H17ClFN3. The predicted molar refractivity (Wildman–Crippen MR) is 74.7 cm³/mol. The zero-order valence-corrected chi connectivity index (χ0v) is 11.6. The number of nitrogens with zero attached hydrogens (tertiary/aromatic N) is 2. The van der Waals surface area contributed by atoms with Crippen molar-refractivity contribution in [2.45, 2.75) is 26.4 Å². The Morgan fingerprint density at radius 3 is 3.00 bits per heavy atom. The molecule has 0 spiro atoms. The van der Waals surface area contributed by atoms with Crippen molar-refractivity contribution in [1.29, 1.82) is 0 Å². The van der Waals surface area contributed by atoms with Gasteiger partial charge in [0.1, 0.15) is 5.82 Å². The van der Waals surface area contributed by atoms with Gasteiger partial charge in [-0.2, -0.15) is 0 Å². The molecular weight excluding hydrogens is 265 g/mol. The summed E-state index contributed by atoms with van der Waals surface area (Å²) >= 11 is 5.66. The Kier molecular flexibility index (Phi) is 4.93. The second-order valence-corrected chi connectivity index (χ2v) is 4.87. The number of halogens is 2. The highest BCUT2D eigenvalue weighted by atomic mass is 35.5. The standard InChI is InChI=1S/C14H17ClFN3/c1-2-5-17-7-12-9-19(10-18-12)8-11-3-4-13(15)14(16)6-11/h3-4,6,9-10,17H,2,5,7-8H2,1H3. The van der Waals surface area contributed by atoms with Crippen LogP contribution in [0, 0.1) is 5.82 Å². The van der Waals surface area contributed by atoms with Crippen molar-refractivity contribution in [1.82, 2.24) is 14.9 Å². The number of benzene rings is 1. The Hall–Kier alpha value is -1.39. The number of rotatable bonds is 6. The molecule has 0 saturated heterocycles. The van der Waals surface area contributed by atoms with Crippen LogP contribution >= 0.6 is 11.6 Å². The zero-order valence-electron chi connectivity index (χ0n) is 10.9. The van der Waals surface area contributed by atoms with Crippen LogP contribution in [0.15, 0.2) is 30.7 Å². The summed E-state index contributed by atoms with van der Waals surface area (Å²) in [5.41, 5.74) is 1.86. The van der Waals surface area contributed by atoms with Crippen LogP contribution in [0.2, 0.25) is 5.02 Å². The monoisotopic (exact) mass is 281 g/mol. The molecule has 5 heteroatoms. The summed E-state index contributed by atoms with van der Waals surface area (Å²) in [5, 5.41) is 3.44. The first-order valence-corrected chi connectivity index (χ1v) is 6.72. The van der Waals surface area contributed by atoms with Crippen molar-refractivity contribution < 1.29 is 4.39 Å². The largest absolute Gasteiger partial charge is 0.333 e. The summed E-state index contributed by atoms with van der Waals surface area (Å²) in [7, 11) is 0. The van der Waals surface area contributed by atoms with E-state index in [4.69, 9.17) is 11.6 Å². The predicted octanol–water partition coefficient (Wildman–Crippen LogP) is 3.22. The number of hydrogen-bond acceptors (Lipinski definition) is 2. The topological polar surface area (TPSA) is 29.9 Å². The van der Waals surface area contributed by atoms with Crippen molar-refractivity contribution in [3.63, 3.8) is 0 Å². The van der Waals surface area contributed by atoms with Crippen LogP contribution in [0.25, 0.3) is 0 Å². The minimum atomic E-state index is -0.385. The normalized spacial score (nSPS) is 10.9.